The molecule has 9 nitrogen and oxygen atoms in total. The van der Waals surface area contributed by atoms with Crippen LogP contribution in [0.1, 0.15) is 43.5 Å². The third-order valence-electron chi connectivity index (χ3n) is 4.75. The maximum absolute atomic E-state index is 12.2. The second-order valence-corrected chi connectivity index (χ2v) is 7.15. The number of amides is 1. The zero-order chi connectivity index (χ0) is 20.1. The zero-order valence-electron chi connectivity index (χ0n) is 16.1. The number of rotatable bonds is 6. The lowest BCUT2D eigenvalue weighted by molar-refractivity contribution is -0.122. The molecule has 0 atom stereocenters. The molecule has 0 radical (unpaired) electrons. The molecule has 2 N–H and O–H groups in total. The molecule has 2 heterocycles. The number of hydrogen-bond donors (Lipinski definition) is 2. The van der Waals surface area contributed by atoms with Gasteiger partial charge >= 0.3 is 11.7 Å². The molecule has 1 saturated carbocycles. The number of aromatic amines is 1. The standard InChI is InChI=1S/C19H25N5O4/c1-12-11-13(2)21-18(20-12)28-15-5-3-14(4-6-15)22-16(25)7-9-24-10-8-17(26)23-19(24)27/h8,10-11,14-15H,3-7,9H2,1-2H3,(H,22,25)(H,23,26,27). The molecule has 0 aliphatic heterocycles. The lowest BCUT2D eigenvalue weighted by Gasteiger charge is -2.29. The van der Waals surface area contributed by atoms with E-state index in [2.05, 4.69) is 20.3 Å². The lowest BCUT2D eigenvalue weighted by atomic mass is 9.93. The summed E-state index contributed by atoms with van der Waals surface area (Å²) in [5.41, 5.74) is 0.803. The molecular weight excluding hydrogens is 362 g/mol. The van der Waals surface area contributed by atoms with Crippen molar-refractivity contribution in [1.82, 2.24) is 24.8 Å². The van der Waals surface area contributed by atoms with E-state index >= 15 is 0 Å². The number of carbonyl (C=O) groups is 1. The fourth-order valence-corrected chi connectivity index (χ4v) is 3.36. The Hall–Kier alpha value is -2.97. The Morgan fingerprint density at radius 1 is 1.21 bits per heavy atom. The van der Waals surface area contributed by atoms with Crippen LogP contribution in [0.25, 0.3) is 0 Å². The van der Waals surface area contributed by atoms with Gasteiger partial charge in [-0.2, -0.15) is 0 Å². The quantitative estimate of drug-likeness (QED) is 0.758. The highest BCUT2D eigenvalue weighted by atomic mass is 16.5. The molecule has 150 valence electrons. The van der Waals surface area contributed by atoms with E-state index in [1.165, 1.54) is 16.8 Å². The van der Waals surface area contributed by atoms with Crippen LogP contribution < -0.4 is 21.3 Å². The first-order valence-corrected chi connectivity index (χ1v) is 9.47. The monoisotopic (exact) mass is 387 g/mol. The summed E-state index contributed by atoms with van der Waals surface area (Å²) >= 11 is 0. The number of H-pyrrole nitrogens is 1. The predicted molar refractivity (Wildman–Crippen MR) is 102 cm³/mol. The predicted octanol–water partition coefficient (Wildman–Crippen LogP) is 0.840. The van der Waals surface area contributed by atoms with Gasteiger partial charge in [-0.3, -0.25) is 14.6 Å². The molecule has 1 amide bonds. The minimum absolute atomic E-state index is 0.0501. The maximum Gasteiger partial charge on any atom is 0.328 e. The highest BCUT2D eigenvalue weighted by Gasteiger charge is 2.24. The summed E-state index contributed by atoms with van der Waals surface area (Å²) in [5, 5.41) is 3.01. The van der Waals surface area contributed by atoms with Crippen molar-refractivity contribution in [2.45, 2.75) is 64.6 Å². The number of nitrogens with one attached hydrogen (secondary N) is 2. The molecule has 1 aliphatic carbocycles. The van der Waals surface area contributed by atoms with E-state index in [0.717, 1.165) is 37.1 Å². The van der Waals surface area contributed by atoms with Crippen LogP contribution in [0.2, 0.25) is 0 Å². The van der Waals surface area contributed by atoms with Gasteiger partial charge in [0, 0.05) is 42.7 Å². The first-order chi connectivity index (χ1) is 13.4. The molecule has 3 rings (SSSR count). The van der Waals surface area contributed by atoms with Crippen molar-refractivity contribution >= 4 is 5.91 Å². The summed E-state index contributed by atoms with van der Waals surface area (Å²) in [7, 11) is 0. The smallest absolute Gasteiger partial charge is 0.328 e. The van der Waals surface area contributed by atoms with Crippen LogP contribution in [0.5, 0.6) is 6.01 Å². The first kappa shape index (κ1) is 19.8. The average molecular weight is 387 g/mol. The SMILES string of the molecule is Cc1cc(C)nc(OC2CCC(NC(=O)CCn3ccc(=O)[nH]c3=O)CC2)n1. The summed E-state index contributed by atoms with van der Waals surface area (Å²) in [5.74, 6) is -0.111. The van der Waals surface area contributed by atoms with Crippen molar-refractivity contribution in [3.05, 3.63) is 50.6 Å². The molecule has 9 heteroatoms. The van der Waals surface area contributed by atoms with Crippen LogP contribution in [0.4, 0.5) is 0 Å². The fraction of sp³-hybridized carbons (Fsp3) is 0.526. The molecule has 2 aromatic rings. The van der Waals surface area contributed by atoms with Gasteiger partial charge in [-0.15, -0.1) is 0 Å². The van der Waals surface area contributed by atoms with E-state index in [-0.39, 0.29) is 31.0 Å². The average Bonchev–Trinajstić information content (AvgIpc) is 2.62. The van der Waals surface area contributed by atoms with Gasteiger partial charge in [-0.25, -0.2) is 14.8 Å². The van der Waals surface area contributed by atoms with Crippen molar-refractivity contribution in [3.8, 4) is 6.01 Å². The Balaban J connectivity index is 1.42. The number of aryl methyl sites for hydroxylation is 3. The number of hydrogen-bond acceptors (Lipinski definition) is 6. The Bertz CT molecular complexity index is 924. The number of carbonyl (C=O) groups excluding carboxylic acids is 1. The van der Waals surface area contributed by atoms with E-state index < -0.39 is 11.2 Å². The summed E-state index contributed by atoms with van der Waals surface area (Å²) in [6.07, 6.45) is 4.90. The van der Waals surface area contributed by atoms with Crippen LogP contribution in [0.3, 0.4) is 0 Å². The molecule has 0 unspecified atom stereocenters. The van der Waals surface area contributed by atoms with Crippen molar-refractivity contribution in [1.29, 1.82) is 0 Å². The van der Waals surface area contributed by atoms with Crippen LogP contribution in [-0.2, 0) is 11.3 Å². The number of nitrogens with zero attached hydrogens (tertiary/aromatic N) is 3. The van der Waals surface area contributed by atoms with Gasteiger partial charge in [-0.05, 0) is 45.6 Å². The minimum atomic E-state index is -0.508. The normalized spacial score (nSPS) is 19.2. The topological polar surface area (TPSA) is 119 Å². The molecular formula is C19H25N5O4. The molecule has 0 spiro atoms. The lowest BCUT2D eigenvalue weighted by Crippen LogP contribution is -2.40. The van der Waals surface area contributed by atoms with Gasteiger partial charge in [0.2, 0.25) is 5.91 Å². The summed E-state index contributed by atoms with van der Waals surface area (Å²) in [4.78, 5) is 45.6. The molecule has 0 aromatic carbocycles. The zero-order valence-corrected chi connectivity index (χ0v) is 16.1. The van der Waals surface area contributed by atoms with E-state index in [0.29, 0.717) is 6.01 Å². The molecule has 0 saturated heterocycles. The minimum Gasteiger partial charge on any atom is -0.460 e. The molecule has 1 fully saturated rings. The van der Waals surface area contributed by atoms with Crippen LogP contribution >= 0.6 is 0 Å². The van der Waals surface area contributed by atoms with E-state index in [4.69, 9.17) is 4.74 Å². The van der Waals surface area contributed by atoms with Crippen molar-refractivity contribution in [2.24, 2.45) is 0 Å². The van der Waals surface area contributed by atoms with Gasteiger partial charge < -0.3 is 14.6 Å². The fourth-order valence-electron chi connectivity index (χ4n) is 3.36. The highest BCUT2D eigenvalue weighted by molar-refractivity contribution is 5.76. The molecule has 2 aromatic heterocycles. The Kier molecular flexibility index (Phi) is 6.23. The third-order valence-corrected chi connectivity index (χ3v) is 4.75. The summed E-state index contributed by atoms with van der Waals surface area (Å²) in [6.45, 7) is 4.05. The second-order valence-electron chi connectivity index (χ2n) is 7.15. The van der Waals surface area contributed by atoms with Gasteiger partial charge in [0.25, 0.3) is 5.56 Å². The molecule has 1 aliphatic rings. The maximum atomic E-state index is 12.2. The van der Waals surface area contributed by atoms with E-state index in [9.17, 15) is 14.4 Å². The third kappa shape index (κ3) is 5.51. The van der Waals surface area contributed by atoms with Crippen molar-refractivity contribution in [2.75, 3.05) is 0 Å². The Labute approximate surface area is 162 Å². The Morgan fingerprint density at radius 2 is 1.89 bits per heavy atom. The van der Waals surface area contributed by atoms with Crippen LogP contribution in [-0.4, -0.2) is 37.6 Å². The van der Waals surface area contributed by atoms with E-state index in [1.54, 1.807) is 0 Å². The van der Waals surface area contributed by atoms with Crippen molar-refractivity contribution in [3.63, 3.8) is 0 Å². The van der Waals surface area contributed by atoms with Crippen molar-refractivity contribution < 1.29 is 9.53 Å². The van der Waals surface area contributed by atoms with Gasteiger partial charge in [0.05, 0.1) is 0 Å². The number of aromatic nitrogens is 4. The number of ether oxygens (including phenoxy) is 1. The van der Waals surface area contributed by atoms with Crippen LogP contribution in [0.15, 0.2) is 27.9 Å². The van der Waals surface area contributed by atoms with Crippen LogP contribution in [0, 0.1) is 13.8 Å². The Morgan fingerprint density at radius 3 is 2.54 bits per heavy atom. The molecule has 0 bridgehead atoms. The van der Waals surface area contributed by atoms with Gasteiger partial charge in [0.15, 0.2) is 0 Å². The molecule has 28 heavy (non-hydrogen) atoms. The first-order valence-electron chi connectivity index (χ1n) is 9.47. The second kappa shape index (κ2) is 8.81. The van der Waals surface area contributed by atoms with Gasteiger partial charge in [0.1, 0.15) is 6.10 Å². The summed E-state index contributed by atoms with van der Waals surface area (Å²) < 4.78 is 7.21. The summed E-state index contributed by atoms with van der Waals surface area (Å²) in [6, 6.07) is 3.68. The van der Waals surface area contributed by atoms with Gasteiger partial charge in [-0.1, -0.05) is 0 Å². The van der Waals surface area contributed by atoms with E-state index in [1.807, 2.05) is 19.9 Å². The largest absolute Gasteiger partial charge is 0.460 e. The highest BCUT2D eigenvalue weighted by Crippen LogP contribution is 2.22.